The van der Waals surface area contributed by atoms with E-state index in [0.29, 0.717) is 27.8 Å². The van der Waals surface area contributed by atoms with Crippen LogP contribution in [0.2, 0.25) is 5.02 Å². The monoisotopic (exact) mass is 546 g/mol. The van der Waals surface area contributed by atoms with E-state index < -0.39 is 0 Å². The van der Waals surface area contributed by atoms with Crippen molar-refractivity contribution in [3.63, 3.8) is 0 Å². The van der Waals surface area contributed by atoms with Crippen LogP contribution in [0.5, 0.6) is 11.5 Å². The summed E-state index contributed by atoms with van der Waals surface area (Å²) in [5.41, 5.74) is 2.86. The summed E-state index contributed by atoms with van der Waals surface area (Å²) in [6.45, 7) is 4.28. The third-order valence-corrected chi connectivity index (χ3v) is 7.23. The Balaban J connectivity index is 1.49. The number of anilines is 2. The lowest BCUT2D eigenvalue weighted by Gasteiger charge is -2.15. The number of phenolic OH excluding ortho intramolecular Hbond substituents is 1. The van der Waals surface area contributed by atoms with Crippen LogP contribution in [0.4, 0.5) is 15.9 Å². The van der Waals surface area contributed by atoms with Gasteiger partial charge in [0.2, 0.25) is 0 Å². The highest BCUT2D eigenvalue weighted by Crippen LogP contribution is 2.38. The zero-order valence-corrected chi connectivity index (χ0v) is 22.2. The molecule has 0 unspecified atom stereocenters. The van der Waals surface area contributed by atoms with Crippen LogP contribution >= 0.6 is 23.4 Å². The van der Waals surface area contributed by atoms with Crippen molar-refractivity contribution in [2.75, 3.05) is 5.32 Å². The zero-order valence-electron chi connectivity index (χ0n) is 20.7. The van der Waals surface area contributed by atoms with E-state index in [9.17, 15) is 9.50 Å². The van der Waals surface area contributed by atoms with E-state index in [1.165, 1.54) is 36.3 Å². The van der Waals surface area contributed by atoms with Gasteiger partial charge in [0.1, 0.15) is 36.1 Å². The van der Waals surface area contributed by atoms with Gasteiger partial charge in [0.25, 0.3) is 0 Å². The maximum absolute atomic E-state index is 13.7. The van der Waals surface area contributed by atoms with E-state index in [1.807, 2.05) is 42.5 Å². The molecule has 0 aliphatic carbocycles. The molecule has 0 bridgehead atoms. The molecule has 192 valence electrons. The van der Waals surface area contributed by atoms with E-state index in [2.05, 4.69) is 34.1 Å². The quantitative estimate of drug-likeness (QED) is 0.203. The van der Waals surface area contributed by atoms with Gasteiger partial charge in [0, 0.05) is 32.1 Å². The molecule has 0 radical (unpaired) electrons. The second-order valence-electron chi connectivity index (χ2n) is 8.89. The highest BCUT2D eigenvalue weighted by Gasteiger charge is 2.13. The summed E-state index contributed by atoms with van der Waals surface area (Å²) in [5, 5.41) is 14.3. The normalized spacial score (nSPS) is 11.2. The second kappa shape index (κ2) is 11.2. The summed E-state index contributed by atoms with van der Waals surface area (Å²) < 4.78 is 19.7. The van der Waals surface area contributed by atoms with E-state index in [4.69, 9.17) is 16.3 Å². The first-order chi connectivity index (χ1) is 18.4. The van der Waals surface area contributed by atoms with Gasteiger partial charge in [0.05, 0.1) is 11.1 Å². The van der Waals surface area contributed by atoms with Crippen molar-refractivity contribution in [2.45, 2.75) is 36.2 Å². The Morgan fingerprint density at radius 3 is 2.61 bits per heavy atom. The molecule has 5 rings (SSSR count). The Hall–Kier alpha value is -3.88. The molecule has 0 atom stereocenters. The highest BCUT2D eigenvalue weighted by molar-refractivity contribution is 7.99. The molecular weight excluding hydrogens is 523 g/mol. The van der Waals surface area contributed by atoms with E-state index >= 15 is 0 Å². The van der Waals surface area contributed by atoms with Crippen molar-refractivity contribution in [3.8, 4) is 11.5 Å². The van der Waals surface area contributed by atoms with Gasteiger partial charge in [-0.2, -0.15) is 0 Å². The van der Waals surface area contributed by atoms with Gasteiger partial charge in [-0.05, 0) is 72.6 Å². The van der Waals surface area contributed by atoms with E-state index in [1.54, 1.807) is 12.1 Å². The minimum Gasteiger partial charge on any atom is -0.508 e. The average molecular weight is 547 g/mol. The van der Waals surface area contributed by atoms with E-state index in [-0.39, 0.29) is 24.1 Å². The summed E-state index contributed by atoms with van der Waals surface area (Å²) in [6, 6.07) is 20.8. The van der Waals surface area contributed by atoms with Gasteiger partial charge < -0.3 is 15.2 Å². The summed E-state index contributed by atoms with van der Waals surface area (Å²) in [4.78, 5) is 15.4. The molecule has 3 aromatic carbocycles. The van der Waals surface area contributed by atoms with Crippen LogP contribution in [-0.4, -0.2) is 20.1 Å². The number of hydrogen-bond acceptors (Lipinski definition) is 7. The maximum atomic E-state index is 13.7. The van der Waals surface area contributed by atoms with Crippen molar-refractivity contribution in [3.05, 3.63) is 101 Å². The number of phenols is 1. The number of nitrogens with zero attached hydrogens (tertiary/aromatic N) is 3. The second-order valence-corrected chi connectivity index (χ2v) is 10.4. The molecule has 2 aromatic heterocycles. The number of rotatable bonds is 8. The van der Waals surface area contributed by atoms with E-state index in [0.717, 1.165) is 26.6 Å². The van der Waals surface area contributed by atoms with Crippen molar-refractivity contribution >= 4 is 45.9 Å². The zero-order chi connectivity index (χ0) is 26.6. The Morgan fingerprint density at radius 1 is 1.00 bits per heavy atom. The fraction of sp³-hybridized carbons (Fsp3) is 0.138. The van der Waals surface area contributed by atoms with Crippen LogP contribution < -0.4 is 10.1 Å². The van der Waals surface area contributed by atoms with Crippen LogP contribution in [0.3, 0.4) is 0 Å². The van der Waals surface area contributed by atoms with Gasteiger partial charge in [-0.25, -0.2) is 19.3 Å². The van der Waals surface area contributed by atoms with Crippen LogP contribution in [0.15, 0.2) is 88.9 Å². The lowest BCUT2D eigenvalue weighted by molar-refractivity contribution is 0.305. The molecule has 5 aromatic rings. The highest BCUT2D eigenvalue weighted by atomic mass is 35.5. The number of aromatic nitrogens is 3. The average Bonchev–Trinajstić information content (AvgIpc) is 2.91. The Labute approximate surface area is 228 Å². The molecular formula is C29H24ClFN4O2S. The van der Waals surface area contributed by atoms with Gasteiger partial charge in [-0.3, -0.25) is 0 Å². The Morgan fingerprint density at radius 2 is 1.82 bits per heavy atom. The SMILES string of the molecule is CC(C)c1ccc2c(Nc3cc(OCc4cc(F)ccc4Cl)ccc3Sc3ccc(O)cc3)ncnc2n1. The predicted molar refractivity (Wildman–Crippen MR) is 149 cm³/mol. The molecule has 0 aliphatic rings. The Kier molecular flexibility index (Phi) is 7.62. The third-order valence-electron chi connectivity index (χ3n) is 5.78. The molecule has 6 nitrogen and oxygen atoms in total. The van der Waals surface area contributed by atoms with Crippen molar-refractivity contribution in [2.24, 2.45) is 0 Å². The minimum absolute atomic E-state index is 0.110. The summed E-state index contributed by atoms with van der Waals surface area (Å²) >= 11 is 7.74. The first kappa shape index (κ1) is 25.8. The smallest absolute Gasteiger partial charge is 0.164 e. The van der Waals surface area contributed by atoms with Crippen LogP contribution in [-0.2, 0) is 6.61 Å². The molecule has 0 saturated carbocycles. The van der Waals surface area contributed by atoms with Crippen LogP contribution in [0, 0.1) is 5.82 Å². The number of fused-ring (bicyclic) bond motifs is 1. The number of halogens is 2. The minimum atomic E-state index is -0.374. The molecule has 0 aliphatic heterocycles. The molecule has 0 saturated heterocycles. The topological polar surface area (TPSA) is 80.2 Å². The van der Waals surface area contributed by atoms with Gasteiger partial charge >= 0.3 is 0 Å². The Bertz CT molecular complexity index is 1600. The standard InChI is InChI=1S/C29H24ClFN4O2S/c1-17(2)25-11-9-23-28(34-25)32-16-33-29(23)35-26-14-21(37-15-18-13-19(31)3-10-24(18)30)6-12-27(26)38-22-7-4-20(36)5-8-22/h3-14,16-17,36H,15H2,1-2H3,(H,32,33,34,35). The van der Waals surface area contributed by atoms with Crippen molar-refractivity contribution in [1.29, 1.82) is 0 Å². The van der Waals surface area contributed by atoms with Gasteiger partial charge in [-0.15, -0.1) is 0 Å². The third kappa shape index (κ3) is 5.98. The number of pyridine rings is 1. The molecule has 2 heterocycles. The molecule has 2 N–H and O–H groups in total. The largest absolute Gasteiger partial charge is 0.508 e. The maximum Gasteiger partial charge on any atom is 0.164 e. The van der Waals surface area contributed by atoms with Crippen molar-refractivity contribution < 1.29 is 14.2 Å². The summed E-state index contributed by atoms with van der Waals surface area (Å²) in [5.74, 6) is 1.28. The number of nitrogens with one attached hydrogen (secondary N) is 1. The fourth-order valence-electron chi connectivity index (χ4n) is 3.75. The summed E-state index contributed by atoms with van der Waals surface area (Å²) in [6.07, 6.45) is 1.49. The molecule has 0 fully saturated rings. The van der Waals surface area contributed by atoms with Gasteiger partial charge in [0.15, 0.2) is 5.65 Å². The summed E-state index contributed by atoms with van der Waals surface area (Å²) in [7, 11) is 0. The lowest BCUT2D eigenvalue weighted by atomic mass is 10.1. The number of benzene rings is 3. The first-order valence-electron chi connectivity index (χ1n) is 11.9. The number of ether oxygens (including phenoxy) is 1. The first-order valence-corrected chi connectivity index (χ1v) is 13.1. The number of aromatic hydroxyl groups is 1. The molecule has 9 heteroatoms. The lowest BCUT2D eigenvalue weighted by Crippen LogP contribution is -2.02. The van der Waals surface area contributed by atoms with Gasteiger partial charge in [-0.1, -0.05) is 37.2 Å². The fourth-order valence-corrected chi connectivity index (χ4v) is 4.80. The van der Waals surface area contributed by atoms with Crippen LogP contribution in [0.1, 0.15) is 31.0 Å². The van der Waals surface area contributed by atoms with Crippen LogP contribution in [0.25, 0.3) is 11.0 Å². The molecule has 38 heavy (non-hydrogen) atoms. The molecule has 0 amide bonds. The molecule has 0 spiro atoms. The predicted octanol–water partition coefficient (Wildman–Crippen LogP) is 8.12. The van der Waals surface area contributed by atoms with Crippen molar-refractivity contribution in [1.82, 2.24) is 15.0 Å². The number of hydrogen-bond donors (Lipinski definition) is 2.